The van der Waals surface area contributed by atoms with Crippen molar-refractivity contribution in [3.8, 4) is 11.1 Å². The van der Waals surface area contributed by atoms with Crippen molar-refractivity contribution in [1.29, 1.82) is 0 Å². The lowest BCUT2D eigenvalue weighted by molar-refractivity contribution is 0.0946. The molecule has 0 saturated heterocycles. The molecule has 25 heavy (non-hydrogen) atoms. The molecule has 1 amide bonds. The Morgan fingerprint density at radius 1 is 0.960 bits per heavy atom. The van der Waals surface area contributed by atoms with Gasteiger partial charge in [0.25, 0.3) is 5.91 Å². The summed E-state index contributed by atoms with van der Waals surface area (Å²) in [5.74, 6) is 0.276. The van der Waals surface area contributed by atoms with Crippen molar-refractivity contribution in [2.24, 2.45) is 0 Å². The zero-order chi connectivity index (χ0) is 17.6. The van der Waals surface area contributed by atoms with Crippen molar-refractivity contribution in [3.63, 3.8) is 0 Å². The summed E-state index contributed by atoms with van der Waals surface area (Å²) in [7, 11) is 0. The first-order chi connectivity index (χ1) is 12.1. The predicted molar refractivity (Wildman–Crippen MR) is 101 cm³/mol. The van der Waals surface area contributed by atoms with Crippen LogP contribution < -0.4 is 5.32 Å². The van der Waals surface area contributed by atoms with Gasteiger partial charge in [0.2, 0.25) is 0 Å². The Bertz CT molecular complexity index is 839. The zero-order valence-electron chi connectivity index (χ0n) is 14.6. The number of carbonyl (C=O) groups excluding carboxylic acids is 1. The van der Waals surface area contributed by atoms with Crippen molar-refractivity contribution in [1.82, 2.24) is 10.3 Å². The van der Waals surface area contributed by atoms with Crippen molar-refractivity contribution in [2.45, 2.75) is 26.3 Å². The lowest BCUT2D eigenvalue weighted by Gasteiger charge is -2.12. The smallest absolute Gasteiger partial charge is 0.270 e. The van der Waals surface area contributed by atoms with Gasteiger partial charge in [-0.1, -0.05) is 74.5 Å². The third-order valence-electron chi connectivity index (χ3n) is 4.19. The molecular weight excluding hydrogens is 308 g/mol. The number of hydrogen-bond acceptors (Lipinski definition) is 2. The molecule has 0 spiro atoms. The van der Waals surface area contributed by atoms with Crippen LogP contribution >= 0.6 is 0 Å². The largest absolute Gasteiger partial charge is 0.347 e. The van der Waals surface area contributed by atoms with E-state index < -0.39 is 0 Å². The highest BCUT2D eigenvalue weighted by molar-refractivity contribution is 5.92. The van der Waals surface area contributed by atoms with Crippen LogP contribution in [0.3, 0.4) is 0 Å². The minimum atomic E-state index is -0.160. The van der Waals surface area contributed by atoms with Crippen LogP contribution in [0.4, 0.5) is 0 Å². The molecule has 0 saturated carbocycles. The fraction of sp³-hybridized carbons (Fsp3) is 0.182. The quantitative estimate of drug-likeness (QED) is 0.730. The standard InChI is InChI=1S/C22H22N2O/c1-16(2)19-10-6-7-11-20(19)18-12-13-21(23-15-18)22(25)24-14-17-8-4-3-5-9-17/h3-13,15-16H,14H2,1-2H3,(H,24,25). The van der Waals surface area contributed by atoms with E-state index in [0.717, 1.165) is 11.1 Å². The van der Waals surface area contributed by atoms with E-state index in [-0.39, 0.29) is 5.91 Å². The Labute approximate surface area is 148 Å². The minimum Gasteiger partial charge on any atom is -0.347 e. The van der Waals surface area contributed by atoms with Crippen LogP contribution in [0.15, 0.2) is 72.9 Å². The SMILES string of the molecule is CC(C)c1ccccc1-c1ccc(C(=O)NCc2ccccc2)nc1. The molecule has 0 aliphatic carbocycles. The molecule has 126 valence electrons. The number of pyridine rings is 1. The predicted octanol–water partition coefficient (Wildman–Crippen LogP) is 4.80. The van der Waals surface area contributed by atoms with E-state index in [0.29, 0.717) is 18.2 Å². The first-order valence-corrected chi connectivity index (χ1v) is 8.52. The van der Waals surface area contributed by atoms with E-state index in [4.69, 9.17) is 0 Å². The first kappa shape index (κ1) is 16.9. The Morgan fingerprint density at radius 3 is 2.36 bits per heavy atom. The van der Waals surface area contributed by atoms with Gasteiger partial charge in [-0.3, -0.25) is 9.78 Å². The highest BCUT2D eigenvalue weighted by Crippen LogP contribution is 2.28. The van der Waals surface area contributed by atoms with Gasteiger partial charge in [-0.2, -0.15) is 0 Å². The van der Waals surface area contributed by atoms with E-state index in [2.05, 4.69) is 42.3 Å². The van der Waals surface area contributed by atoms with Crippen molar-refractivity contribution < 1.29 is 4.79 Å². The highest BCUT2D eigenvalue weighted by atomic mass is 16.1. The Hall–Kier alpha value is -2.94. The minimum absolute atomic E-state index is 0.160. The first-order valence-electron chi connectivity index (χ1n) is 8.52. The summed E-state index contributed by atoms with van der Waals surface area (Å²) in [6, 6.07) is 21.9. The van der Waals surface area contributed by atoms with E-state index in [1.807, 2.05) is 42.5 Å². The Kier molecular flexibility index (Phi) is 5.24. The maximum atomic E-state index is 12.3. The van der Waals surface area contributed by atoms with Crippen molar-refractivity contribution in [3.05, 3.63) is 89.7 Å². The van der Waals surface area contributed by atoms with E-state index in [9.17, 15) is 4.79 Å². The second-order valence-corrected chi connectivity index (χ2v) is 6.34. The van der Waals surface area contributed by atoms with Crippen LogP contribution in [-0.4, -0.2) is 10.9 Å². The van der Waals surface area contributed by atoms with Crippen LogP contribution in [0.25, 0.3) is 11.1 Å². The fourth-order valence-corrected chi connectivity index (χ4v) is 2.82. The van der Waals surface area contributed by atoms with Gasteiger partial charge in [0, 0.05) is 18.3 Å². The molecule has 3 heteroatoms. The third-order valence-corrected chi connectivity index (χ3v) is 4.19. The molecule has 3 aromatic rings. The average Bonchev–Trinajstić information content (AvgIpc) is 2.67. The molecule has 0 fully saturated rings. The molecule has 3 nitrogen and oxygen atoms in total. The van der Waals surface area contributed by atoms with Crippen LogP contribution in [0, 0.1) is 0 Å². The molecule has 0 atom stereocenters. The molecule has 0 radical (unpaired) electrons. The molecule has 1 N–H and O–H groups in total. The van der Waals surface area contributed by atoms with Crippen LogP contribution in [-0.2, 0) is 6.54 Å². The number of benzene rings is 2. The molecule has 0 aliphatic heterocycles. The van der Waals surface area contributed by atoms with Gasteiger partial charge >= 0.3 is 0 Å². The van der Waals surface area contributed by atoms with Gasteiger partial charge in [0.05, 0.1) is 0 Å². The molecule has 0 aliphatic rings. The summed E-state index contributed by atoms with van der Waals surface area (Å²) < 4.78 is 0. The average molecular weight is 330 g/mol. The monoisotopic (exact) mass is 330 g/mol. The lowest BCUT2D eigenvalue weighted by atomic mass is 9.93. The maximum Gasteiger partial charge on any atom is 0.270 e. The second kappa shape index (κ2) is 7.75. The second-order valence-electron chi connectivity index (χ2n) is 6.34. The van der Waals surface area contributed by atoms with Crippen LogP contribution in [0.2, 0.25) is 0 Å². The van der Waals surface area contributed by atoms with Gasteiger partial charge < -0.3 is 5.32 Å². The molecule has 1 heterocycles. The Balaban J connectivity index is 1.73. The van der Waals surface area contributed by atoms with Gasteiger partial charge in [-0.25, -0.2) is 0 Å². The maximum absolute atomic E-state index is 12.3. The van der Waals surface area contributed by atoms with Gasteiger partial charge in [0.15, 0.2) is 0 Å². The van der Waals surface area contributed by atoms with E-state index in [1.54, 1.807) is 12.3 Å². The summed E-state index contributed by atoms with van der Waals surface area (Å²) >= 11 is 0. The topological polar surface area (TPSA) is 42.0 Å². The molecule has 0 unspecified atom stereocenters. The van der Waals surface area contributed by atoms with E-state index >= 15 is 0 Å². The number of aromatic nitrogens is 1. The summed E-state index contributed by atoms with van der Waals surface area (Å²) in [5.41, 5.74) is 4.98. The summed E-state index contributed by atoms with van der Waals surface area (Å²) in [5, 5.41) is 2.90. The van der Waals surface area contributed by atoms with Crippen LogP contribution in [0.5, 0.6) is 0 Å². The highest BCUT2D eigenvalue weighted by Gasteiger charge is 2.10. The fourth-order valence-electron chi connectivity index (χ4n) is 2.82. The lowest BCUT2D eigenvalue weighted by Crippen LogP contribution is -2.23. The van der Waals surface area contributed by atoms with Gasteiger partial charge in [-0.05, 0) is 28.7 Å². The molecule has 0 bridgehead atoms. The van der Waals surface area contributed by atoms with Crippen molar-refractivity contribution in [2.75, 3.05) is 0 Å². The normalized spacial score (nSPS) is 10.7. The summed E-state index contributed by atoms with van der Waals surface area (Å²) in [4.78, 5) is 16.6. The Morgan fingerprint density at radius 2 is 1.68 bits per heavy atom. The van der Waals surface area contributed by atoms with Gasteiger partial charge in [-0.15, -0.1) is 0 Å². The summed E-state index contributed by atoms with van der Waals surface area (Å²) in [6.45, 7) is 4.86. The molecule has 3 rings (SSSR count). The number of nitrogens with one attached hydrogen (secondary N) is 1. The summed E-state index contributed by atoms with van der Waals surface area (Å²) in [6.07, 6.45) is 1.78. The number of nitrogens with zero attached hydrogens (tertiary/aromatic N) is 1. The van der Waals surface area contributed by atoms with Crippen molar-refractivity contribution >= 4 is 5.91 Å². The number of rotatable bonds is 5. The molecular formula is C22H22N2O. The zero-order valence-corrected chi connectivity index (χ0v) is 14.6. The molecule has 2 aromatic carbocycles. The number of hydrogen-bond donors (Lipinski definition) is 1. The molecule has 1 aromatic heterocycles. The van der Waals surface area contributed by atoms with E-state index in [1.165, 1.54) is 11.1 Å². The number of carbonyl (C=O) groups is 1. The third kappa shape index (κ3) is 4.13. The van der Waals surface area contributed by atoms with Crippen LogP contribution in [0.1, 0.15) is 41.4 Å². The van der Waals surface area contributed by atoms with Gasteiger partial charge in [0.1, 0.15) is 5.69 Å². The number of amides is 1.